The molecule has 2 heteroatoms. The molecule has 0 aliphatic carbocycles. The molecule has 9 aromatic carbocycles. The van der Waals surface area contributed by atoms with Gasteiger partial charge in [0.25, 0.3) is 0 Å². The summed E-state index contributed by atoms with van der Waals surface area (Å²) in [6, 6.07) is 60.9. The molecule has 0 spiro atoms. The highest BCUT2D eigenvalue weighted by Gasteiger charge is 2.20. The van der Waals surface area contributed by atoms with E-state index in [0.717, 1.165) is 49.4 Å². The SMILES string of the molecule is c1ccc(-c2c3ccccc3c(-c3ccc(-c4ccc5c(c4)oc4ccc6c7ccccc7oc6c45)c4ccccc34)c3ccccc23)cc1. The van der Waals surface area contributed by atoms with Crippen molar-refractivity contribution < 1.29 is 8.83 Å². The van der Waals surface area contributed by atoms with Crippen LogP contribution >= 0.6 is 0 Å². The first kappa shape index (κ1) is 27.3. The van der Waals surface area contributed by atoms with Gasteiger partial charge < -0.3 is 8.83 Å². The summed E-state index contributed by atoms with van der Waals surface area (Å²) in [7, 11) is 0. The fourth-order valence-corrected chi connectivity index (χ4v) is 8.31. The molecule has 232 valence electrons. The van der Waals surface area contributed by atoms with Gasteiger partial charge in [-0.2, -0.15) is 0 Å². The van der Waals surface area contributed by atoms with Gasteiger partial charge in [0.2, 0.25) is 0 Å². The monoisotopic (exact) mass is 636 g/mol. The normalized spacial score (nSPS) is 12.0. The van der Waals surface area contributed by atoms with Crippen LogP contribution in [0, 0.1) is 0 Å². The van der Waals surface area contributed by atoms with Gasteiger partial charge in [-0.15, -0.1) is 0 Å². The van der Waals surface area contributed by atoms with Gasteiger partial charge in [0.15, 0.2) is 0 Å². The molecule has 11 aromatic rings. The van der Waals surface area contributed by atoms with E-state index in [0.29, 0.717) is 0 Å². The van der Waals surface area contributed by atoms with Gasteiger partial charge in [0.1, 0.15) is 22.3 Å². The third-order valence-corrected chi connectivity index (χ3v) is 10.5. The Morgan fingerprint density at radius 1 is 0.280 bits per heavy atom. The third-order valence-electron chi connectivity index (χ3n) is 10.5. The maximum absolute atomic E-state index is 6.51. The molecule has 11 rings (SSSR count). The Bertz CT molecular complexity index is 3080. The first-order valence-corrected chi connectivity index (χ1v) is 17.1. The van der Waals surface area contributed by atoms with E-state index in [-0.39, 0.29) is 0 Å². The van der Waals surface area contributed by atoms with Crippen molar-refractivity contribution in [3.63, 3.8) is 0 Å². The lowest BCUT2D eigenvalue weighted by molar-refractivity contribution is 0.663. The number of benzene rings is 9. The lowest BCUT2D eigenvalue weighted by atomic mass is 9.84. The summed E-state index contributed by atoms with van der Waals surface area (Å²) >= 11 is 0. The first-order chi connectivity index (χ1) is 24.8. The van der Waals surface area contributed by atoms with E-state index < -0.39 is 0 Å². The predicted octanol–water partition coefficient (Wildman–Crippen LogP) is 13.9. The number of fused-ring (bicyclic) bond motifs is 10. The van der Waals surface area contributed by atoms with Crippen molar-refractivity contribution in [2.24, 2.45) is 0 Å². The van der Waals surface area contributed by atoms with Crippen LogP contribution in [-0.4, -0.2) is 0 Å². The minimum atomic E-state index is 0.835. The highest BCUT2D eigenvalue weighted by atomic mass is 16.3. The summed E-state index contributed by atoms with van der Waals surface area (Å²) in [5.74, 6) is 0. The maximum atomic E-state index is 6.51. The summed E-state index contributed by atoms with van der Waals surface area (Å²) in [6.45, 7) is 0. The Hall–Kier alpha value is -6.64. The molecule has 2 aromatic heterocycles. The van der Waals surface area contributed by atoms with Crippen LogP contribution in [0.3, 0.4) is 0 Å². The van der Waals surface area contributed by atoms with Crippen LogP contribution in [0.15, 0.2) is 179 Å². The zero-order chi connectivity index (χ0) is 32.8. The Balaban J connectivity index is 1.14. The molecular formula is C48H28O2. The van der Waals surface area contributed by atoms with Crippen molar-refractivity contribution in [3.8, 4) is 33.4 Å². The van der Waals surface area contributed by atoms with Crippen molar-refractivity contribution in [3.05, 3.63) is 170 Å². The Morgan fingerprint density at radius 2 is 0.840 bits per heavy atom. The summed E-state index contributed by atoms with van der Waals surface area (Å²) in [4.78, 5) is 0. The van der Waals surface area contributed by atoms with E-state index in [2.05, 4.69) is 158 Å². The van der Waals surface area contributed by atoms with Crippen LogP contribution in [0.25, 0.3) is 110 Å². The molecule has 0 amide bonds. The minimum Gasteiger partial charge on any atom is -0.456 e. The fraction of sp³-hybridized carbons (Fsp3) is 0. The Kier molecular flexibility index (Phi) is 5.70. The molecule has 0 radical (unpaired) electrons. The van der Waals surface area contributed by atoms with Gasteiger partial charge in [-0.25, -0.2) is 0 Å². The molecule has 2 heterocycles. The summed E-state index contributed by atoms with van der Waals surface area (Å²) in [6.07, 6.45) is 0. The summed E-state index contributed by atoms with van der Waals surface area (Å²) in [5.41, 5.74) is 10.8. The molecule has 2 nitrogen and oxygen atoms in total. The van der Waals surface area contributed by atoms with E-state index in [1.165, 1.54) is 60.1 Å². The molecule has 0 aliphatic heterocycles. The molecule has 0 aliphatic rings. The highest BCUT2D eigenvalue weighted by molar-refractivity contribution is 6.25. The van der Waals surface area contributed by atoms with Gasteiger partial charge in [0.05, 0.1) is 5.39 Å². The van der Waals surface area contributed by atoms with Gasteiger partial charge in [-0.05, 0) is 96.0 Å². The quantitative estimate of drug-likeness (QED) is 0.180. The fourth-order valence-electron chi connectivity index (χ4n) is 8.31. The second-order valence-electron chi connectivity index (χ2n) is 13.1. The molecule has 50 heavy (non-hydrogen) atoms. The molecule has 0 fully saturated rings. The standard InChI is InChI=1S/C48H28O2/c1-2-12-29(13-3-1)45-35-17-6-8-19-37(35)46(38-20-9-7-18-36(38)45)39-25-24-31(32-14-4-5-15-33(32)39)30-22-23-41-44(28-30)49-43-27-26-40-34-16-10-11-21-42(34)50-48(40)47(41)43/h1-28H. The summed E-state index contributed by atoms with van der Waals surface area (Å²) < 4.78 is 12.9. The van der Waals surface area contributed by atoms with Gasteiger partial charge >= 0.3 is 0 Å². The number of rotatable bonds is 3. The van der Waals surface area contributed by atoms with Crippen molar-refractivity contribution in [2.75, 3.05) is 0 Å². The van der Waals surface area contributed by atoms with Gasteiger partial charge in [-0.3, -0.25) is 0 Å². The van der Waals surface area contributed by atoms with Crippen LogP contribution in [-0.2, 0) is 0 Å². The smallest absolute Gasteiger partial charge is 0.147 e. The lowest BCUT2D eigenvalue weighted by Crippen LogP contribution is -1.92. The largest absolute Gasteiger partial charge is 0.456 e. The van der Waals surface area contributed by atoms with Crippen LogP contribution in [0.1, 0.15) is 0 Å². The number of hydrogen-bond donors (Lipinski definition) is 0. The minimum absolute atomic E-state index is 0.835. The third kappa shape index (κ3) is 3.85. The molecular weight excluding hydrogens is 609 g/mol. The van der Waals surface area contributed by atoms with Crippen LogP contribution in [0.5, 0.6) is 0 Å². The number of para-hydroxylation sites is 1. The van der Waals surface area contributed by atoms with E-state index in [1.807, 2.05) is 12.1 Å². The lowest BCUT2D eigenvalue weighted by Gasteiger charge is -2.19. The van der Waals surface area contributed by atoms with E-state index in [4.69, 9.17) is 8.83 Å². The Morgan fingerprint density at radius 3 is 1.56 bits per heavy atom. The van der Waals surface area contributed by atoms with Crippen molar-refractivity contribution in [1.82, 2.24) is 0 Å². The van der Waals surface area contributed by atoms with Crippen molar-refractivity contribution >= 4 is 76.2 Å². The van der Waals surface area contributed by atoms with Crippen LogP contribution in [0.4, 0.5) is 0 Å². The second-order valence-corrected chi connectivity index (χ2v) is 13.1. The van der Waals surface area contributed by atoms with Gasteiger partial charge in [0, 0.05) is 16.2 Å². The number of furan rings is 2. The first-order valence-electron chi connectivity index (χ1n) is 17.1. The predicted molar refractivity (Wildman–Crippen MR) is 210 cm³/mol. The Labute approximate surface area is 287 Å². The number of hydrogen-bond acceptors (Lipinski definition) is 2. The van der Waals surface area contributed by atoms with Crippen molar-refractivity contribution in [2.45, 2.75) is 0 Å². The molecule has 0 atom stereocenters. The van der Waals surface area contributed by atoms with E-state index in [9.17, 15) is 0 Å². The summed E-state index contributed by atoms with van der Waals surface area (Å²) in [5, 5.41) is 11.8. The van der Waals surface area contributed by atoms with E-state index in [1.54, 1.807) is 0 Å². The average molecular weight is 637 g/mol. The molecule has 0 bridgehead atoms. The van der Waals surface area contributed by atoms with Gasteiger partial charge in [-0.1, -0.05) is 140 Å². The molecule has 0 unspecified atom stereocenters. The topological polar surface area (TPSA) is 26.3 Å². The maximum Gasteiger partial charge on any atom is 0.147 e. The average Bonchev–Trinajstić information content (AvgIpc) is 3.75. The molecule has 0 saturated heterocycles. The van der Waals surface area contributed by atoms with E-state index >= 15 is 0 Å². The second kappa shape index (κ2) is 10.4. The van der Waals surface area contributed by atoms with Crippen LogP contribution < -0.4 is 0 Å². The zero-order valence-corrected chi connectivity index (χ0v) is 27.0. The molecule has 0 N–H and O–H groups in total. The zero-order valence-electron chi connectivity index (χ0n) is 27.0. The molecule has 0 saturated carbocycles. The highest BCUT2D eigenvalue weighted by Crippen LogP contribution is 2.47. The van der Waals surface area contributed by atoms with Crippen LogP contribution in [0.2, 0.25) is 0 Å². The van der Waals surface area contributed by atoms with Crippen molar-refractivity contribution in [1.29, 1.82) is 0 Å².